The van der Waals surface area contributed by atoms with Gasteiger partial charge in [-0.05, 0) is 50.4 Å². The van der Waals surface area contributed by atoms with Gasteiger partial charge in [-0.2, -0.15) is 0 Å². The van der Waals surface area contributed by atoms with Crippen LogP contribution in [0.25, 0.3) is 0 Å². The first-order chi connectivity index (χ1) is 9.08. The van der Waals surface area contributed by atoms with Gasteiger partial charge < -0.3 is 11.1 Å². The molecule has 0 aromatic carbocycles. The van der Waals surface area contributed by atoms with E-state index in [0.717, 1.165) is 25.7 Å². The minimum atomic E-state index is -0.0894. The van der Waals surface area contributed by atoms with E-state index in [-0.39, 0.29) is 17.8 Å². The zero-order chi connectivity index (χ0) is 13.5. The predicted octanol–water partition coefficient (Wildman–Crippen LogP) is 3.01. The highest BCUT2D eigenvalue weighted by Crippen LogP contribution is 2.42. The molecule has 20 heavy (non-hydrogen) atoms. The highest BCUT2D eigenvalue weighted by atomic mass is 35.5. The molecule has 3 aliphatic carbocycles. The molecule has 2 bridgehead atoms. The zero-order valence-corrected chi connectivity index (χ0v) is 13.4. The van der Waals surface area contributed by atoms with Crippen molar-refractivity contribution in [2.45, 2.75) is 76.8 Å². The van der Waals surface area contributed by atoms with Crippen LogP contribution < -0.4 is 11.1 Å². The summed E-state index contributed by atoms with van der Waals surface area (Å²) in [4.78, 5) is 12.6. The van der Waals surface area contributed by atoms with Gasteiger partial charge >= 0.3 is 0 Å². The average Bonchev–Trinajstić information content (AvgIpc) is 2.79. The fourth-order valence-electron chi connectivity index (χ4n) is 4.73. The summed E-state index contributed by atoms with van der Waals surface area (Å²) >= 11 is 0. The molecule has 3 saturated carbocycles. The monoisotopic (exact) mass is 300 g/mol. The van der Waals surface area contributed by atoms with Gasteiger partial charge in [0, 0.05) is 17.5 Å². The number of fused-ring (bicyclic) bond motifs is 2. The van der Waals surface area contributed by atoms with E-state index in [1.165, 1.54) is 32.1 Å². The maximum atomic E-state index is 12.6. The summed E-state index contributed by atoms with van der Waals surface area (Å²) in [6.07, 6.45) is 10.6. The molecule has 0 aromatic heterocycles. The van der Waals surface area contributed by atoms with Crippen molar-refractivity contribution in [2.75, 3.05) is 0 Å². The third-order valence-corrected chi connectivity index (χ3v) is 5.93. The number of hydrogen-bond acceptors (Lipinski definition) is 2. The summed E-state index contributed by atoms with van der Waals surface area (Å²) in [5, 5.41) is 3.43. The lowest BCUT2D eigenvalue weighted by molar-refractivity contribution is -0.132. The molecule has 2 atom stereocenters. The summed E-state index contributed by atoms with van der Waals surface area (Å²) in [5.74, 6) is 1.59. The molecule has 0 saturated heterocycles. The van der Waals surface area contributed by atoms with Crippen molar-refractivity contribution in [1.29, 1.82) is 0 Å². The van der Waals surface area contributed by atoms with Gasteiger partial charge in [-0.3, -0.25) is 4.79 Å². The van der Waals surface area contributed by atoms with Gasteiger partial charge in [-0.1, -0.05) is 26.2 Å². The molecule has 2 unspecified atom stereocenters. The molecule has 116 valence electrons. The van der Waals surface area contributed by atoms with Crippen molar-refractivity contribution in [1.82, 2.24) is 5.32 Å². The Morgan fingerprint density at radius 2 is 1.65 bits per heavy atom. The van der Waals surface area contributed by atoms with Gasteiger partial charge in [0.25, 0.3) is 0 Å². The molecule has 3 fully saturated rings. The van der Waals surface area contributed by atoms with E-state index in [2.05, 4.69) is 12.2 Å². The highest BCUT2D eigenvalue weighted by Gasteiger charge is 2.43. The van der Waals surface area contributed by atoms with Gasteiger partial charge in [-0.25, -0.2) is 0 Å². The third-order valence-electron chi connectivity index (χ3n) is 5.93. The first-order valence-electron chi connectivity index (χ1n) is 8.15. The topological polar surface area (TPSA) is 55.1 Å². The predicted molar refractivity (Wildman–Crippen MR) is 83.8 cm³/mol. The molecular weight excluding hydrogens is 272 g/mol. The molecule has 0 radical (unpaired) electrons. The van der Waals surface area contributed by atoms with Crippen LogP contribution in [0, 0.1) is 17.3 Å². The Morgan fingerprint density at radius 3 is 2.20 bits per heavy atom. The number of rotatable bonds is 2. The Kier molecular flexibility index (Phi) is 5.01. The van der Waals surface area contributed by atoms with E-state index >= 15 is 0 Å². The first kappa shape index (κ1) is 16.1. The fourth-order valence-corrected chi connectivity index (χ4v) is 4.73. The Hall–Kier alpha value is -0.280. The van der Waals surface area contributed by atoms with Crippen LogP contribution in [0.3, 0.4) is 0 Å². The Labute approximate surface area is 128 Å². The highest BCUT2D eigenvalue weighted by molar-refractivity contribution is 5.85. The number of carbonyl (C=O) groups is 1. The van der Waals surface area contributed by atoms with Gasteiger partial charge in [0.2, 0.25) is 5.91 Å². The van der Waals surface area contributed by atoms with Crippen molar-refractivity contribution in [3.8, 4) is 0 Å². The molecule has 4 heteroatoms. The number of amides is 1. The normalized spacial score (nSPS) is 38.9. The lowest BCUT2D eigenvalue weighted by atomic mass is 9.66. The molecule has 3 N–H and O–H groups in total. The third kappa shape index (κ3) is 2.99. The van der Waals surface area contributed by atoms with E-state index < -0.39 is 0 Å². The molecule has 3 rings (SSSR count). The summed E-state index contributed by atoms with van der Waals surface area (Å²) in [7, 11) is 0. The van der Waals surface area contributed by atoms with Crippen LogP contribution in [0.4, 0.5) is 0 Å². The largest absolute Gasteiger partial charge is 0.352 e. The standard InChI is InChI=1S/C16H28N2O.ClH/c1-16(7-2-3-8-16)15(19)18-14-11-5-4-6-12(14)10-13(17)9-11;/h11-14H,2-10,17H2,1H3,(H,18,19);1H. The van der Waals surface area contributed by atoms with E-state index in [0.29, 0.717) is 29.8 Å². The Balaban J connectivity index is 0.00000147. The minimum absolute atomic E-state index is 0. The van der Waals surface area contributed by atoms with Crippen LogP contribution in [-0.4, -0.2) is 18.0 Å². The molecule has 0 aliphatic heterocycles. The van der Waals surface area contributed by atoms with E-state index in [9.17, 15) is 4.79 Å². The summed E-state index contributed by atoms with van der Waals surface area (Å²) in [6.45, 7) is 2.15. The smallest absolute Gasteiger partial charge is 0.226 e. The summed E-state index contributed by atoms with van der Waals surface area (Å²) < 4.78 is 0. The van der Waals surface area contributed by atoms with Crippen molar-refractivity contribution < 1.29 is 4.79 Å². The van der Waals surface area contributed by atoms with E-state index in [1.54, 1.807) is 0 Å². The second kappa shape index (κ2) is 6.23. The van der Waals surface area contributed by atoms with Crippen LogP contribution in [0.1, 0.15) is 64.7 Å². The summed E-state index contributed by atoms with van der Waals surface area (Å²) in [6, 6.07) is 0.781. The molecular formula is C16H29ClN2O. The number of nitrogens with two attached hydrogens (primary N) is 1. The maximum Gasteiger partial charge on any atom is 0.226 e. The van der Waals surface area contributed by atoms with Gasteiger partial charge in [0.05, 0.1) is 0 Å². The van der Waals surface area contributed by atoms with Crippen molar-refractivity contribution in [2.24, 2.45) is 23.0 Å². The van der Waals surface area contributed by atoms with Crippen LogP contribution in [0.15, 0.2) is 0 Å². The van der Waals surface area contributed by atoms with Gasteiger partial charge in [0.1, 0.15) is 0 Å². The van der Waals surface area contributed by atoms with Crippen LogP contribution in [0.5, 0.6) is 0 Å². The second-order valence-electron chi connectivity index (χ2n) is 7.45. The Bertz CT molecular complexity index is 340. The molecule has 3 nitrogen and oxygen atoms in total. The average molecular weight is 301 g/mol. The van der Waals surface area contributed by atoms with Crippen LogP contribution >= 0.6 is 12.4 Å². The molecule has 0 heterocycles. The maximum absolute atomic E-state index is 12.6. The van der Waals surface area contributed by atoms with Crippen LogP contribution in [-0.2, 0) is 4.79 Å². The molecule has 0 spiro atoms. The quantitative estimate of drug-likeness (QED) is 0.823. The number of nitrogens with one attached hydrogen (secondary N) is 1. The molecule has 1 amide bonds. The molecule has 0 aromatic rings. The first-order valence-corrected chi connectivity index (χ1v) is 8.15. The van der Waals surface area contributed by atoms with Crippen molar-refractivity contribution in [3.05, 3.63) is 0 Å². The lowest BCUT2D eigenvalue weighted by Crippen LogP contribution is -2.55. The van der Waals surface area contributed by atoms with Crippen LogP contribution in [0.2, 0.25) is 0 Å². The zero-order valence-electron chi connectivity index (χ0n) is 12.6. The Morgan fingerprint density at radius 1 is 1.10 bits per heavy atom. The number of halogens is 1. The minimum Gasteiger partial charge on any atom is -0.352 e. The summed E-state index contributed by atoms with van der Waals surface area (Å²) in [5.41, 5.74) is 6.06. The number of hydrogen-bond donors (Lipinski definition) is 2. The molecule has 3 aliphatic rings. The van der Waals surface area contributed by atoms with E-state index in [4.69, 9.17) is 5.73 Å². The SMILES string of the molecule is CC1(C(=O)NC2C3CCCC2CC(N)C3)CCCC1.Cl. The van der Waals surface area contributed by atoms with Crippen molar-refractivity contribution in [3.63, 3.8) is 0 Å². The van der Waals surface area contributed by atoms with Gasteiger partial charge in [-0.15, -0.1) is 12.4 Å². The fraction of sp³-hybridized carbons (Fsp3) is 0.938. The second-order valence-corrected chi connectivity index (χ2v) is 7.45. The van der Waals surface area contributed by atoms with Crippen molar-refractivity contribution >= 4 is 18.3 Å². The number of carbonyl (C=O) groups excluding carboxylic acids is 1. The van der Waals surface area contributed by atoms with Gasteiger partial charge in [0.15, 0.2) is 0 Å². The lowest BCUT2D eigenvalue weighted by Gasteiger charge is -2.46. The van der Waals surface area contributed by atoms with E-state index in [1.807, 2.05) is 0 Å².